The van der Waals surface area contributed by atoms with Crippen molar-refractivity contribution in [2.24, 2.45) is 0 Å². The van der Waals surface area contributed by atoms with Crippen LogP contribution in [-0.2, 0) is 5.41 Å². The van der Waals surface area contributed by atoms with Crippen molar-refractivity contribution in [1.29, 1.82) is 0 Å². The first-order valence-corrected chi connectivity index (χ1v) is 18.7. The molecule has 0 aromatic heterocycles. The maximum atomic E-state index is 2.49. The van der Waals surface area contributed by atoms with E-state index in [1.54, 1.807) is 0 Å². The molecule has 2 aliphatic rings. The number of hydrogen-bond donors (Lipinski definition) is 0. The van der Waals surface area contributed by atoms with E-state index in [0.717, 1.165) is 0 Å². The zero-order valence-electron chi connectivity index (χ0n) is 28.8. The Hall–Kier alpha value is -6.76. The van der Waals surface area contributed by atoms with Crippen molar-refractivity contribution < 1.29 is 0 Å². The summed E-state index contributed by atoms with van der Waals surface area (Å²) in [5, 5.41) is 15.8. The fourth-order valence-corrected chi connectivity index (χ4v) is 10.8. The summed E-state index contributed by atoms with van der Waals surface area (Å²) in [7, 11) is 0. The van der Waals surface area contributed by atoms with Gasteiger partial charge in [-0.25, -0.2) is 0 Å². The molecule has 13 rings (SSSR count). The highest BCUT2D eigenvalue weighted by molar-refractivity contribution is 6.26. The van der Waals surface area contributed by atoms with Crippen LogP contribution in [0.5, 0.6) is 0 Å². The maximum Gasteiger partial charge on any atom is 0.0737 e. The Bertz CT molecular complexity index is 3340. The van der Waals surface area contributed by atoms with Gasteiger partial charge >= 0.3 is 0 Å². The molecule has 0 saturated heterocycles. The van der Waals surface area contributed by atoms with Gasteiger partial charge in [-0.3, -0.25) is 0 Å². The van der Waals surface area contributed by atoms with E-state index in [4.69, 9.17) is 0 Å². The quantitative estimate of drug-likeness (QED) is 0.153. The second-order valence-electron chi connectivity index (χ2n) is 15.1. The second-order valence-corrected chi connectivity index (χ2v) is 15.1. The molecule has 53 heavy (non-hydrogen) atoms. The molecule has 0 unspecified atom stereocenters. The molecule has 0 heteroatoms. The van der Waals surface area contributed by atoms with Crippen molar-refractivity contribution in [3.63, 3.8) is 0 Å². The number of hydrogen-bond acceptors (Lipinski definition) is 0. The van der Waals surface area contributed by atoms with Gasteiger partial charge in [0, 0.05) is 0 Å². The molecule has 0 bridgehead atoms. The monoisotopic (exact) mass is 666 g/mol. The first-order valence-electron chi connectivity index (χ1n) is 18.7. The molecule has 0 heterocycles. The zero-order valence-corrected chi connectivity index (χ0v) is 28.8. The minimum atomic E-state index is -0.463. The first kappa shape index (κ1) is 27.9. The number of benzene rings is 11. The third-order valence-corrected chi connectivity index (χ3v) is 12.8. The Morgan fingerprint density at radius 1 is 0.283 bits per heavy atom. The molecule has 0 nitrogen and oxygen atoms in total. The number of rotatable bonds is 1. The van der Waals surface area contributed by atoms with Crippen molar-refractivity contribution in [2.45, 2.75) is 5.41 Å². The summed E-state index contributed by atoms with van der Waals surface area (Å²) in [5.41, 5.74) is 13.0. The van der Waals surface area contributed by atoms with Gasteiger partial charge in [-0.05, 0) is 126 Å². The summed E-state index contributed by atoms with van der Waals surface area (Å²) >= 11 is 0. The van der Waals surface area contributed by atoms with Crippen molar-refractivity contribution >= 4 is 64.6 Å². The van der Waals surface area contributed by atoms with Gasteiger partial charge in [-0.15, -0.1) is 0 Å². The SMILES string of the molecule is c1ccc2c(c1)-c1ccccc1C21c2c(ccc3ccccc23)-c2c1c1ccc(-c3ccc4ccc5cccc6ccc3c4c56)cc1c1ccccc21. The van der Waals surface area contributed by atoms with Crippen molar-refractivity contribution in [1.82, 2.24) is 0 Å². The van der Waals surface area contributed by atoms with Crippen molar-refractivity contribution in [3.05, 3.63) is 204 Å². The summed E-state index contributed by atoms with van der Waals surface area (Å²) in [6.07, 6.45) is 0. The number of fused-ring (bicyclic) bond motifs is 17. The molecule has 11 aromatic carbocycles. The van der Waals surface area contributed by atoms with Crippen LogP contribution in [0.15, 0.2) is 182 Å². The average Bonchev–Trinajstić information content (AvgIpc) is 3.71. The van der Waals surface area contributed by atoms with Gasteiger partial charge < -0.3 is 0 Å². The first-order chi connectivity index (χ1) is 26.3. The predicted octanol–water partition coefficient (Wildman–Crippen LogP) is 14.1. The van der Waals surface area contributed by atoms with Gasteiger partial charge in [-0.1, -0.05) is 176 Å². The summed E-state index contributed by atoms with van der Waals surface area (Å²) in [6, 6.07) is 69.1. The van der Waals surface area contributed by atoms with Crippen LogP contribution in [0.4, 0.5) is 0 Å². The normalized spacial score (nSPS) is 13.8. The van der Waals surface area contributed by atoms with Gasteiger partial charge in [0.1, 0.15) is 0 Å². The van der Waals surface area contributed by atoms with Crippen LogP contribution in [0.25, 0.3) is 98.0 Å². The zero-order chi connectivity index (χ0) is 34.4. The predicted molar refractivity (Wildman–Crippen MR) is 224 cm³/mol. The summed E-state index contributed by atoms with van der Waals surface area (Å²) < 4.78 is 0. The Morgan fingerprint density at radius 2 is 0.849 bits per heavy atom. The highest BCUT2D eigenvalue weighted by atomic mass is 14.5. The van der Waals surface area contributed by atoms with E-state index in [1.165, 1.54) is 120 Å². The molecule has 0 N–H and O–H groups in total. The highest BCUT2D eigenvalue weighted by Gasteiger charge is 2.53. The topological polar surface area (TPSA) is 0 Å². The van der Waals surface area contributed by atoms with Crippen molar-refractivity contribution in [3.8, 4) is 33.4 Å². The van der Waals surface area contributed by atoms with Gasteiger partial charge in [-0.2, -0.15) is 0 Å². The van der Waals surface area contributed by atoms with Crippen molar-refractivity contribution in [2.75, 3.05) is 0 Å². The molecule has 0 amide bonds. The summed E-state index contributed by atoms with van der Waals surface area (Å²) in [4.78, 5) is 0. The second kappa shape index (κ2) is 9.76. The molecule has 1 spiro atoms. The van der Waals surface area contributed by atoms with Crippen LogP contribution in [0.2, 0.25) is 0 Å². The fraction of sp³-hybridized carbons (Fsp3) is 0.0189. The largest absolute Gasteiger partial charge is 0.0737 e. The van der Waals surface area contributed by atoms with Crippen LogP contribution in [-0.4, -0.2) is 0 Å². The third kappa shape index (κ3) is 3.29. The van der Waals surface area contributed by atoms with Crippen LogP contribution < -0.4 is 0 Å². The smallest absolute Gasteiger partial charge is 0.0619 e. The van der Waals surface area contributed by atoms with Gasteiger partial charge in [0.2, 0.25) is 0 Å². The molecule has 0 saturated carbocycles. The fourth-order valence-electron chi connectivity index (χ4n) is 10.8. The maximum absolute atomic E-state index is 2.49. The van der Waals surface area contributed by atoms with E-state index in [9.17, 15) is 0 Å². The average molecular weight is 667 g/mol. The Morgan fingerprint density at radius 3 is 1.64 bits per heavy atom. The van der Waals surface area contributed by atoms with Crippen LogP contribution in [0.1, 0.15) is 22.3 Å². The van der Waals surface area contributed by atoms with Gasteiger partial charge in [0.25, 0.3) is 0 Å². The van der Waals surface area contributed by atoms with Crippen LogP contribution in [0, 0.1) is 0 Å². The lowest BCUT2D eigenvalue weighted by Crippen LogP contribution is -2.26. The molecular formula is C53H30. The molecular weight excluding hydrogens is 637 g/mol. The summed E-state index contributed by atoms with van der Waals surface area (Å²) in [6.45, 7) is 0. The van der Waals surface area contributed by atoms with Gasteiger partial charge in [0.15, 0.2) is 0 Å². The summed E-state index contributed by atoms with van der Waals surface area (Å²) in [5.74, 6) is 0. The standard InChI is InChI=1S/C53H30/c1-2-13-37-31(10-1)22-29-44-50-41-17-4-3-14-38(41)45-30-35(36-26-23-34-21-20-32-11-9-12-33-24-27-42(36)49(34)48(32)33)25-28-43(45)52(50)53(51(37)44)46-18-7-5-15-39(46)40-16-6-8-19-47(40)53/h1-30H. The van der Waals surface area contributed by atoms with E-state index >= 15 is 0 Å². The molecule has 0 radical (unpaired) electrons. The van der Waals surface area contributed by atoms with E-state index in [-0.39, 0.29) is 0 Å². The molecule has 242 valence electrons. The molecule has 0 fully saturated rings. The lowest BCUT2D eigenvalue weighted by molar-refractivity contribution is 0.809. The van der Waals surface area contributed by atoms with Crippen LogP contribution >= 0.6 is 0 Å². The molecule has 11 aromatic rings. The Kier molecular flexibility index (Phi) is 5.14. The van der Waals surface area contributed by atoms with E-state index < -0.39 is 5.41 Å². The van der Waals surface area contributed by atoms with E-state index in [0.29, 0.717) is 0 Å². The molecule has 0 aliphatic heterocycles. The Labute approximate surface area is 306 Å². The highest BCUT2D eigenvalue weighted by Crippen LogP contribution is 2.66. The lowest BCUT2D eigenvalue weighted by atomic mass is 9.68. The minimum Gasteiger partial charge on any atom is -0.0619 e. The van der Waals surface area contributed by atoms with Crippen LogP contribution in [0.3, 0.4) is 0 Å². The minimum absolute atomic E-state index is 0.463. The molecule has 0 atom stereocenters. The molecule has 2 aliphatic carbocycles. The van der Waals surface area contributed by atoms with E-state index in [2.05, 4.69) is 182 Å². The van der Waals surface area contributed by atoms with E-state index in [1.807, 2.05) is 0 Å². The Balaban J connectivity index is 1.20. The third-order valence-electron chi connectivity index (χ3n) is 12.8. The lowest BCUT2D eigenvalue weighted by Gasteiger charge is -2.32. The van der Waals surface area contributed by atoms with Gasteiger partial charge in [0.05, 0.1) is 5.41 Å².